The monoisotopic (exact) mass is 334 g/mol. The SMILES string of the molecule is CCNC(=O)C(C)NC(=O)c1cnn(Cc2ccccc2Cl)c1. The van der Waals surface area contributed by atoms with Crippen molar-refractivity contribution in [2.75, 3.05) is 6.54 Å². The first-order chi connectivity index (χ1) is 11.0. The topological polar surface area (TPSA) is 76.0 Å². The maximum Gasteiger partial charge on any atom is 0.255 e. The van der Waals surface area contributed by atoms with Crippen LogP contribution in [0.3, 0.4) is 0 Å². The van der Waals surface area contributed by atoms with Gasteiger partial charge < -0.3 is 10.6 Å². The molecule has 1 heterocycles. The fourth-order valence-electron chi connectivity index (χ4n) is 2.04. The Kier molecular flexibility index (Phi) is 5.76. The number of halogens is 1. The van der Waals surface area contributed by atoms with Gasteiger partial charge in [-0.05, 0) is 25.5 Å². The molecular weight excluding hydrogens is 316 g/mol. The van der Waals surface area contributed by atoms with Crippen molar-refractivity contribution in [3.63, 3.8) is 0 Å². The van der Waals surface area contributed by atoms with Crippen LogP contribution < -0.4 is 10.6 Å². The highest BCUT2D eigenvalue weighted by Crippen LogP contribution is 2.16. The van der Waals surface area contributed by atoms with Gasteiger partial charge in [0.05, 0.1) is 18.3 Å². The van der Waals surface area contributed by atoms with E-state index in [9.17, 15) is 9.59 Å². The summed E-state index contributed by atoms with van der Waals surface area (Å²) in [4.78, 5) is 23.8. The summed E-state index contributed by atoms with van der Waals surface area (Å²) in [6, 6.07) is 6.86. The summed E-state index contributed by atoms with van der Waals surface area (Å²) < 4.78 is 1.63. The number of nitrogens with zero attached hydrogens (tertiary/aromatic N) is 2. The summed E-state index contributed by atoms with van der Waals surface area (Å²) in [5, 5.41) is 10.1. The van der Waals surface area contributed by atoms with E-state index in [1.54, 1.807) is 17.8 Å². The predicted octanol–water partition coefficient (Wildman–Crippen LogP) is 1.84. The molecule has 7 heteroatoms. The fourth-order valence-corrected chi connectivity index (χ4v) is 2.24. The first kappa shape index (κ1) is 17.0. The molecule has 0 fully saturated rings. The second-order valence-electron chi connectivity index (χ2n) is 5.11. The standard InChI is InChI=1S/C16H19ClN4O2/c1-3-18-15(22)11(2)20-16(23)13-8-19-21(10-13)9-12-6-4-5-7-14(12)17/h4-8,10-11H,3,9H2,1-2H3,(H,18,22)(H,20,23). The van der Waals surface area contributed by atoms with Crippen LogP contribution in [0.5, 0.6) is 0 Å². The van der Waals surface area contributed by atoms with Crippen molar-refractivity contribution >= 4 is 23.4 Å². The third kappa shape index (κ3) is 4.56. The van der Waals surface area contributed by atoms with Crippen LogP contribution in [0.1, 0.15) is 29.8 Å². The number of nitrogens with one attached hydrogen (secondary N) is 2. The molecule has 0 spiro atoms. The van der Waals surface area contributed by atoms with E-state index in [0.29, 0.717) is 23.7 Å². The molecule has 2 aromatic rings. The molecule has 2 N–H and O–H groups in total. The molecule has 0 aliphatic carbocycles. The molecule has 1 aromatic carbocycles. The average Bonchev–Trinajstić information content (AvgIpc) is 2.98. The number of likely N-dealkylation sites (N-methyl/N-ethyl adjacent to an activating group) is 1. The maximum absolute atomic E-state index is 12.1. The van der Waals surface area contributed by atoms with E-state index in [-0.39, 0.29) is 11.8 Å². The molecule has 0 saturated carbocycles. The fraction of sp³-hybridized carbons (Fsp3) is 0.312. The van der Waals surface area contributed by atoms with Gasteiger partial charge in [-0.3, -0.25) is 14.3 Å². The minimum absolute atomic E-state index is 0.218. The second kappa shape index (κ2) is 7.78. The highest BCUT2D eigenvalue weighted by atomic mass is 35.5. The van der Waals surface area contributed by atoms with Crippen LogP contribution in [-0.2, 0) is 11.3 Å². The van der Waals surface area contributed by atoms with Crippen LogP contribution in [-0.4, -0.2) is 34.2 Å². The number of carbonyl (C=O) groups excluding carboxylic acids is 2. The number of benzene rings is 1. The molecule has 6 nitrogen and oxygen atoms in total. The quantitative estimate of drug-likeness (QED) is 0.846. The van der Waals surface area contributed by atoms with Crippen molar-refractivity contribution in [2.24, 2.45) is 0 Å². The van der Waals surface area contributed by atoms with Gasteiger partial charge >= 0.3 is 0 Å². The predicted molar refractivity (Wildman–Crippen MR) is 88.4 cm³/mol. The molecule has 1 atom stereocenters. The molecule has 0 bridgehead atoms. The lowest BCUT2D eigenvalue weighted by molar-refractivity contribution is -0.122. The minimum Gasteiger partial charge on any atom is -0.355 e. The van der Waals surface area contributed by atoms with Gasteiger partial charge in [0.1, 0.15) is 6.04 Å². The smallest absolute Gasteiger partial charge is 0.255 e. The summed E-state index contributed by atoms with van der Waals surface area (Å²) in [7, 11) is 0. The van der Waals surface area contributed by atoms with Gasteiger partial charge in [0.2, 0.25) is 5.91 Å². The van der Waals surface area contributed by atoms with Gasteiger partial charge in [-0.15, -0.1) is 0 Å². The lowest BCUT2D eigenvalue weighted by atomic mass is 10.2. The van der Waals surface area contributed by atoms with Gasteiger partial charge in [-0.1, -0.05) is 29.8 Å². The van der Waals surface area contributed by atoms with Gasteiger partial charge in [0.15, 0.2) is 0 Å². The Balaban J connectivity index is 2.00. The highest BCUT2D eigenvalue weighted by molar-refractivity contribution is 6.31. The zero-order valence-corrected chi connectivity index (χ0v) is 13.8. The van der Waals surface area contributed by atoms with Gasteiger partial charge in [0, 0.05) is 17.8 Å². The zero-order valence-electron chi connectivity index (χ0n) is 13.0. The molecule has 1 unspecified atom stereocenters. The summed E-state index contributed by atoms with van der Waals surface area (Å²) in [6.45, 7) is 4.45. The van der Waals surface area contributed by atoms with Crippen LogP contribution in [0, 0.1) is 0 Å². The Bertz CT molecular complexity index is 699. The first-order valence-electron chi connectivity index (χ1n) is 7.35. The van der Waals surface area contributed by atoms with Crippen LogP contribution in [0.2, 0.25) is 5.02 Å². The molecule has 0 aliphatic rings. The number of hydrogen-bond acceptors (Lipinski definition) is 3. The largest absolute Gasteiger partial charge is 0.355 e. The third-order valence-electron chi connectivity index (χ3n) is 3.28. The summed E-state index contributed by atoms with van der Waals surface area (Å²) in [5.41, 5.74) is 1.31. The summed E-state index contributed by atoms with van der Waals surface area (Å²) in [6.07, 6.45) is 3.10. The van der Waals surface area contributed by atoms with Crippen molar-refractivity contribution in [1.82, 2.24) is 20.4 Å². The number of amides is 2. The number of hydrogen-bond donors (Lipinski definition) is 2. The van der Waals surface area contributed by atoms with E-state index in [1.165, 1.54) is 6.20 Å². The Labute approximate surface area is 139 Å². The average molecular weight is 335 g/mol. The zero-order chi connectivity index (χ0) is 16.8. The number of carbonyl (C=O) groups is 2. The van der Waals surface area contributed by atoms with Crippen molar-refractivity contribution in [3.05, 3.63) is 52.8 Å². The molecule has 23 heavy (non-hydrogen) atoms. The maximum atomic E-state index is 12.1. The molecule has 2 rings (SSSR count). The number of aromatic nitrogens is 2. The molecule has 1 aromatic heterocycles. The Hall–Kier alpha value is -2.34. The van der Waals surface area contributed by atoms with E-state index < -0.39 is 6.04 Å². The third-order valence-corrected chi connectivity index (χ3v) is 3.65. The normalized spacial score (nSPS) is 11.8. The van der Waals surface area contributed by atoms with Crippen molar-refractivity contribution < 1.29 is 9.59 Å². The molecule has 122 valence electrons. The van der Waals surface area contributed by atoms with E-state index in [2.05, 4.69) is 15.7 Å². The van der Waals surface area contributed by atoms with E-state index in [4.69, 9.17) is 11.6 Å². The molecule has 0 aliphatic heterocycles. The van der Waals surface area contributed by atoms with Crippen LogP contribution >= 0.6 is 11.6 Å². The molecule has 0 saturated heterocycles. The van der Waals surface area contributed by atoms with Crippen LogP contribution in [0.25, 0.3) is 0 Å². The van der Waals surface area contributed by atoms with Crippen LogP contribution in [0.4, 0.5) is 0 Å². The summed E-state index contributed by atoms with van der Waals surface area (Å²) in [5.74, 6) is -0.557. The highest BCUT2D eigenvalue weighted by Gasteiger charge is 2.17. The Morgan fingerprint density at radius 3 is 2.78 bits per heavy atom. The van der Waals surface area contributed by atoms with E-state index in [0.717, 1.165) is 5.56 Å². The first-order valence-corrected chi connectivity index (χ1v) is 7.73. The van der Waals surface area contributed by atoms with Crippen molar-refractivity contribution in [1.29, 1.82) is 0 Å². The van der Waals surface area contributed by atoms with Gasteiger partial charge in [-0.25, -0.2) is 0 Å². The Morgan fingerprint density at radius 1 is 1.35 bits per heavy atom. The van der Waals surface area contributed by atoms with E-state index in [1.807, 2.05) is 31.2 Å². The lowest BCUT2D eigenvalue weighted by Gasteiger charge is -2.12. The molecule has 0 radical (unpaired) electrons. The van der Waals surface area contributed by atoms with Crippen LogP contribution in [0.15, 0.2) is 36.7 Å². The Morgan fingerprint density at radius 2 is 2.09 bits per heavy atom. The number of rotatable bonds is 6. The van der Waals surface area contributed by atoms with Crippen molar-refractivity contribution in [2.45, 2.75) is 26.4 Å². The summed E-state index contributed by atoms with van der Waals surface area (Å²) >= 11 is 6.11. The second-order valence-corrected chi connectivity index (χ2v) is 5.51. The van der Waals surface area contributed by atoms with Crippen molar-refractivity contribution in [3.8, 4) is 0 Å². The molecular formula is C16H19ClN4O2. The minimum atomic E-state index is -0.602. The molecule has 2 amide bonds. The van der Waals surface area contributed by atoms with E-state index >= 15 is 0 Å². The van der Waals surface area contributed by atoms with Gasteiger partial charge in [0.25, 0.3) is 5.91 Å². The lowest BCUT2D eigenvalue weighted by Crippen LogP contribution is -2.44. The van der Waals surface area contributed by atoms with Gasteiger partial charge in [-0.2, -0.15) is 5.10 Å².